The van der Waals surface area contributed by atoms with Crippen LogP contribution in [0.2, 0.25) is 0 Å². The van der Waals surface area contributed by atoms with Crippen LogP contribution in [0.5, 0.6) is 0 Å². The average molecular weight is 503 g/mol. The van der Waals surface area contributed by atoms with Gasteiger partial charge >= 0.3 is 6.03 Å². The lowest BCUT2D eigenvalue weighted by atomic mass is 10.0. The Kier molecular flexibility index (Phi) is 7.55. The van der Waals surface area contributed by atoms with E-state index in [9.17, 15) is 13.2 Å². The monoisotopic (exact) mass is 502 g/mol. The molecule has 0 aliphatic carbocycles. The maximum Gasteiger partial charge on any atom is 0.328 e. The Hall–Kier alpha value is -3.91. The summed E-state index contributed by atoms with van der Waals surface area (Å²) in [5, 5.41) is 7.35. The fraction of sp³-hybridized carbons (Fsp3) is 0.214. The Bertz CT molecular complexity index is 1440. The highest BCUT2D eigenvalue weighted by molar-refractivity contribution is 7.90. The number of carbonyl (C=O) groups excluding carboxylic acids is 1. The summed E-state index contributed by atoms with van der Waals surface area (Å²) in [6.45, 7) is 6.36. The second-order valence-corrected chi connectivity index (χ2v) is 10.3. The summed E-state index contributed by atoms with van der Waals surface area (Å²) in [7, 11) is -3.91. The molecule has 4 aromatic rings. The highest BCUT2D eigenvalue weighted by atomic mass is 32.2. The predicted octanol–water partition coefficient (Wildman–Crippen LogP) is 4.95. The smallest absolute Gasteiger partial charge is 0.328 e. The van der Waals surface area contributed by atoms with Crippen LogP contribution in [0.15, 0.2) is 83.8 Å². The minimum absolute atomic E-state index is 0.0602. The number of carbonyl (C=O) groups is 1. The van der Waals surface area contributed by atoms with E-state index in [0.717, 1.165) is 45.7 Å². The van der Waals surface area contributed by atoms with Crippen molar-refractivity contribution in [3.63, 3.8) is 0 Å². The van der Waals surface area contributed by atoms with Gasteiger partial charge in [-0.1, -0.05) is 61.5 Å². The maximum absolute atomic E-state index is 12.4. The van der Waals surface area contributed by atoms with Crippen molar-refractivity contribution in [2.24, 2.45) is 0 Å². The van der Waals surface area contributed by atoms with Crippen molar-refractivity contribution in [1.82, 2.24) is 19.8 Å². The van der Waals surface area contributed by atoms with Crippen LogP contribution in [0, 0.1) is 13.8 Å². The Morgan fingerprint density at radius 3 is 2.17 bits per heavy atom. The van der Waals surface area contributed by atoms with Crippen LogP contribution in [0.25, 0.3) is 16.8 Å². The van der Waals surface area contributed by atoms with E-state index >= 15 is 0 Å². The van der Waals surface area contributed by atoms with Gasteiger partial charge < -0.3 is 5.32 Å². The van der Waals surface area contributed by atoms with Gasteiger partial charge in [0.05, 0.1) is 16.3 Å². The Morgan fingerprint density at radius 2 is 1.53 bits per heavy atom. The van der Waals surface area contributed by atoms with Crippen molar-refractivity contribution in [3.8, 4) is 16.8 Å². The lowest BCUT2D eigenvalue weighted by Crippen LogP contribution is -2.40. The summed E-state index contributed by atoms with van der Waals surface area (Å²) in [6, 6.07) is 23.9. The fourth-order valence-corrected chi connectivity index (χ4v) is 5.09. The molecular formula is C28H30N4O3S. The zero-order chi connectivity index (χ0) is 25.7. The highest BCUT2D eigenvalue weighted by Crippen LogP contribution is 2.28. The summed E-state index contributed by atoms with van der Waals surface area (Å²) >= 11 is 0. The van der Waals surface area contributed by atoms with Crippen LogP contribution in [0.4, 0.5) is 4.79 Å². The standard InChI is InChI=1S/C28H30N4O3S/c1-4-22-12-16-26(17-13-22)36(34,35)31-28(33)29-19-18-23-10-14-25(15-11-23)32-21(3)27(20(2)30-32)24-8-6-5-7-9-24/h5-17H,4,18-19H2,1-3H3,(H2,29,31,33). The number of sulfonamides is 1. The van der Waals surface area contributed by atoms with Crippen LogP contribution >= 0.6 is 0 Å². The number of nitrogens with one attached hydrogen (secondary N) is 2. The number of aryl methyl sites for hydroxylation is 2. The molecular weight excluding hydrogens is 472 g/mol. The zero-order valence-electron chi connectivity index (χ0n) is 20.7. The third kappa shape index (κ3) is 5.66. The zero-order valence-corrected chi connectivity index (χ0v) is 21.5. The molecule has 186 valence electrons. The van der Waals surface area contributed by atoms with Crippen molar-refractivity contribution in [3.05, 3.63) is 101 Å². The van der Waals surface area contributed by atoms with Gasteiger partial charge in [0, 0.05) is 17.8 Å². The minimum atomic E-state index is -3.91. The second-order valence-electron chi connectivity index (χ2n) is 8.60. The first-order valence-corrected chi connectivity index (χ1v) is 13.4. The van der Waals surface area contributed by atoms with E-state index in [1.807, 2.05) is 61.0 Å². The molecule has 2 amide bonds. The molecule has 0 aliphatic heterocycles. The lowest BCUT2D eigenvalue weighted by Gasteiger charge is -2.10. The molecule has 2 N–H and O–H groups in total. The van der Waals surface area contributed by atoms with Crippen molar-refractivity contribution in [2.45, 2.75) is 38.5 Å². The third-order valence-corrected chi connectivity index (χ3v) is 7.45. The first kappa shape index (κ1) is 25.2. The summed E-state index contributed by atoms with van der Waals surface area (Å²) in [5.74, 6) is 0. The third-order valence-electron chi connectivity index (χ3n) is 6.10. The number of urea groups is 1. The largest absolute Gasteiger partial charge is 0.337 e. The number of hydrogen-bond donors (Lipinski definition) is 2. The summed E-state index contributed by atoms with van der Waals surface area (Å²) in [5.41, 5.74) is 7.30. The van der Waals surface area contributed by atoms with Gasteiger partial charge in [-0.05, 0) is 67.6 Å². The molecule has 0 saturated carbocycles. The molecule has 3 aromatic carbocycles. The van der Waals surface area contributed by atoms with E-state index in [1.165, 1.54) is 12.1 Å². The van der Waals surface area contributed by atoms with E-state index in [1.54, 1.807) is 12.1 Å². The van der Waals surface area contributed by atoms with E-state index in [-0.39, 0.29) is 4.90 Å². The quantitative estimate of drug-likeness (QED) is 0.357. The molecule has 0 unspecified atom stereocenters. The number of rotatable bonds is 8. The van der Waals surface area contributed by atoms with Gasteiger partial charge in [0.2, 0.25) is 0 Å². The van der Waals surface area contributed by atoms with Gasteiger partial charge in [0.1, 0.15) is 0 Å². The number of amides is 2. The molecule has 4 rings (SSSR count). The van der Waals surface area contributed by atoms with Crippen molar-refractivity contribution in [1.29, 1.82) is 0 Å². The molecule has 0 radical (unpaired) electrons. The van der Waals surface area contributed by atoms with E-state index in [4.69, 9.17) is 5.10 Å². The first-order chi connectivity index (χ1) is 17.3. The van der Waals surface area contributed by atoms with Gasteiger partial charge in [0.25, 0.3) is 10.0 Å². The number of benzene rings is 3. The van der Waals surface area contributed by atoms with Crippen LogP contribution in [0.3, 0.4) is 0 Å². The number of hydrogen-bond acceptors (Lipinski definition) is 4. The average Bonchev–Trinajstić information content (AvgIpc) is 3.18. The van der Waals surface area contributed by atoms with Crippen LogP contribution in [-0.4, -0.2) is 30.8 Å². The molecule has 0 atom stereocenters. The van der Waals surface area contributed by atoms with Gasteiger partial charge in [-0.2, -0.15) is 5.10 Å². The molecule has 0 bridgehead atoms. The van der Waals surface area contributed by atoms with Crippen molar-refractivity contribution in [2.75, 3.05) is 6.54 Å². The fourth-order valence-electron chi connectivity index (χ4n) is 4.16. The minimum Gasteiger partial charge on any atom is -0.337 e. The van der Waals surface area contributed by atoms with E-state index < -0.39 is 16.1 Å². The molecule has 0 aliphatic rings. The normalized spacial score (nSPS) is 11.3. The molecule has 0 spiro atoms. The molecule has 1 aromatic heterocycles. The van der Waals surface area contributed by atoms with Crippen molar-refractivity contribution >= 4 is 16.1 Å². The van der Waals surface area contributed by atoms with Crippen LogP contribution in [-0.2, 0) is 22.9 Å². The number of aromatic nitrogens is 2. The summed E-state index contributed by atoms with van der Waals surface area (Å²) < 4.78 is 28.8. The second kappa shape index (κ2) is 10.8. The molecule has 0 saturated heterocycles. The predicted molar refractivity (Wildman–Crippen MR) is 142 cm³/mol. The SMILES string of the molecule is CCc1ccc(S(=O)(=O)NC(=O)NCCc2ccc(-n3nc(C)c(-c4ccccc4)c3C)cc2)cc1. The van der Waals surface area contributed by atoms with E-state index in [0.29, 0.717) is 13.0 Å². The van der Waals surface area contributed by atoms with Gasteiger partial charge in [0.15, 0.2) is 0 Å². The lowest BCUT2D eigenvalue weighted by molar-refractivity contribution is 0.246. The van der Waals surface area contributed by atoms with Gasteiger partial charge in [-0.3, -0.25) is 0 Å². The Labute approximate surface area is 212 Å². The molecule has 0 fully saturated rings. The maximum atomic E-state index is 12.4. The van der Waals surface area contributed by atoms with Crippen LogP contribution < -0.4 is 10.0 Å². The Balaban J connectivity index is 1.34. The van der Waals surface area contributed by atoms with Gasteiger partial charge in [-0.25, -0.2) is 22.6 Å². The topological polar surface area (TPSA) is 93.1 Å². The van der Waals surface area contributed by atoms with Crippen LogP contribution in [0.1, 0.15) is 29.4 Å². The molecule has 8 heteroatoms. The molecule has 7 nitrogen and oxygen atoms in total. The first-order valence-electron chi connectivity index (χ1n) is 11.9. The van der Waals surface area contributed by atoms with Crippen molar-refractivity contribution < 1.29 is 13.2 Å². The summed E-state index contributed by atoms with van der Waals surface area (Å²) in [6.07, 6.45) is 1.37. The Morgan fingerprint density at radius 1 is 0.889 bits per heavy atom. The molecule has 1 heterocycles. The number of nitrogens with zero attached hydrogens (tertiary/aromatic N) is 2. The van der Waals surface area contributed by atoms with Gasteiger partial charge in [-0.15, -0.1) is 0 Å². The highest BCUT2D eigenvalue weighted by Gasteiger charge is 2.17. The summed E-state index contributed by atoms with van der Waals surface area (Å²) in [4.78, 5) is 12.2. The molecule has 36 heavy (non-hydrogen) atoms. The van der Waals surface area contributed by atoms with E-state index in [2.05, 4.69) is 29.1 Å².